The number of H-pyrrole nitrogens is 1. The number of thiol groups is 1. The van der Waals surface area contributed by atoms with E-state index >= 15 is 0 Å². The number of carboxylic acids is 2. The van der Waals surface area contributed by atoms with Gasteiger partial charge >= 0.3 is 11.9 Å². The molecule has 0 aliphatic heterocycles. The summed E-state index contributed by atoms with van der Waals surface area (Å²) in [5.74, 6) is -4.93. The molecule has 1 rings (SSSR count). The van der Waals surface area contributed by atoms with E-state index in [2.05, 4.69) is 38.5 Å². The molecule has 0 aromatic carbocycles. The van der Waals surface area contributed by atoms with Gasteiger partial charge in [0.25, 0.3) is 0 Å². The number of hydrogen-bond donors (Lipinski definition) is 9. The minimum atomic E-state index is -1.35. The van der Waals surface area contributed by atoms with Crippen LogP contribution in [0.5, 0.6) is 0 Å². The van der Waals surface area contributed by atoms with Crippen molar-refractivity contribution in [3.05, 3.63) is 18.2 Å². The van der Waals surface area contributed by atoms with Crippen LogP contribution in [0.3, 0.4) is 0 Å². The van der Waals surface area contributed by atoms with Gasteiger partial charge in [0.15, 0.2) is 0 Å². The molecule has 10 N–H and O–H groups in total. The molecule has 1 aromatic rings. The Morgan fingerprint density at radius 1 is 0.971 bits per heavy atom. The van der Waals surface area contributed by atoms with Crippen LogP contribution in [-0.4, -0.2) is 86.3 Å². The molecule has 15 heteroatoms. The van der Waals surface area contributed by atoms with Gasteiger partial charge in [-0.3, -0.25) is 19.2 Å². The Hall–Kier alpha value is -3.17. The molecule has 0 fully saturated rings. The molecule has 0 aliphatic rings. The largest absolute Gasteiger partial charge is 0.481 e. The van der Waals surface area contributed by atoms with Crippen LogP contribution in [0.4, 0.5) is 0 Å². The highest BCUT2D eigenvalue weighted by molar-refractivity contribution is 7.80. The molecule has 1 heterocycles. The highest BCUT2D eigenvalue weighted by Gasteiger charge is 2.30. The van der Waals surface area contributed by atoms with Crippen molar-refractivity contribution in [2.45, 2.75) is 62.7 Å². The van der Waals surface area contributed by atoms with Crippen molar-refractivity contribution in [2.75, 3.05) is 12.3 Å². The number of carbonyl (C=O) groups is 5. The SMILES string of the molecule is NCCCCC(NC(=O)C(CCC(=O)O)NC(=O)C(CS)NC(=O)C(N)Cc1cnc[nH]1)C(=O)O. The normalized spacial score (nSPS) is 14.3. The van der Waals surface area contributed by atoms with Crippen molar-refractivity contribution >= 4 is 42.3 Å². The molecule has 0 radical (unpaired) electrons. The van der Waals surface area contributed by atoms with Crippen LogP contribution < -0.4 is 27.4 Å². The van der Waals surface area contributed by atoms with Crippen molar-refractivity contribution in [2.24, 2.45) is 11.5 Å². The van der Waals surface area contributed by atoms with E-state index in [1.165, 1.54) is 12.5 Å². The number of nitrogens with two attached hydrogens (primary N) is 2. The summed E-state index contributed by atoms with van der Waals surface area (Å²) >= 11 is 4.06. The molecular formula is C20H33N7O7S. The number of aliphatic carboxylic acids is 2. The third-order valence-corrected chi connectivity index (χ3v) is 5.35. The zero-order valence-corrected chi connectivity index (χ0v) is 20.0. The number of rotatable bonds is 17. The van der Waals surface area contributed by atoms with Gasteiger partial charge in [-0.25, -0.2) is 9.78 Å². The van der Waals surface area contributed by atoms with Gasteiger partial charge in [0.05, 0.1) is 12.4 Å². The lowest BCUT2D eigenvalue weighted by Crippen LogP contribution is -2.57. The number of nitrogens with zero attached hydrogens (tertiary/aromatic N) is 1. The third kappa shape index (κ3) is 11.2. The summed E-state index contributed by atoms with van der Waals surface area (Å²) < 4.78 is 0. The fraction of sp³-hybridized carbons (Fsp3) is 0.600. The molecule has 0 bridgehead atoms. The fourth-order valence-electron chi connectivity index (χ4n) is 3.03. The van der Waals surface area contributed by atoms with E-state index in [4.69, 9.17) is 16.6 Å². The first-order valence-electron chi connectivity index (χ1n) is 11.0. The summed E-state index contributed by atoms with van der Waals surface area (Å²) in [6.07, 6.45) is 3.43. The topological polar surface area (TPSA) is 243 Å². The van der Waals surface area contributed by atoms with E-state index in [9.17, 15) is 29.1 Å². The number of carbonyl (C=O) groups excluding carboxylic acids is 3. The van der Waals surface area contributed by atoms with Crippen LogP contribution in [0, 0.1) is 0 Å². The Morgan fingerprint density at radius 3 is 2.14 bits per heavy atom. The molecule has 0 saturated carbocycles. The van der Waals surface area contributed by atoms with Gasteiger partial charge in [0.2, 0.25) is 17.7 Å². The monoisotopic (exact) mass is 515 g/mol. The number of carboxylic acid groups (broad SMARTS) is 2. The third-order valence-electron chi connectivity index (χ3n) is 4.99. The van der Waals surface area contributed by atoms with E-state index in [1.807, 2.05) is 0 Å². The number of amides is 3. The second-order valence-corrected chi connectivity index (χ2v) is 8.17. The molecule has 0 aliphatic carbocycles. The first-order valence-corrected chi connectivity index (χ1v) is 11.6. The van der Waals surface area contributed by atoms with Crippen LogP contribution in [-0.2, 0) is 30.4 Å². The van der Waals surface area contributed by atoms with E-state index in [1.54, 1.807) is 0 Å². The summed E-state index contributed by atoms with van der Waals surface area (Å²) in [4.78, 5) is 67.0. The lowest BCUT2D eigenvalue weighted by atomic mass is 10.1. The first kappa shape index (κ1) is 29.9. The summed E-state index contributed by atoms with van der Waals surface area (Å²) in [5, 5.41) is 25.5. The van der Waals surface area contributed by atoms with Crippen molar-refractivity contribution in [1.29, 1.82) is 0 Å². The number of imidazole rings is 1. The van der Waals surface area contributed by atoms with Gasteiger partial charge in [0, 0.05) is 30.5 Å². The van der Waals surface area contributed by atoms with Gasteiger partial charge in [-0.15, -0.1) is 0 Å². The molecular weight excluding hydrogens is 482 g/mol. The number of hydrogen-bond acceptors (Lipinski definition) is 9. The average molecular weight is 516 g/mol. The van der Waals surface area contributed by atoms with Crippen LogP contribution >= 0.6 is 12.6 Å². The quantitative estimate of drug-likeness (QED) is 0.0796. The van der Waals surface area contributed by atoms with Crippen LogP contribution in [0.1, 0.15) is 37.8 Å². The molecule has 0 spiro atoms. The molecule has 4 unspecified atom stereocenters. The van der Waals surface area contributed by atoms with Gasteiger partial charge in [-0.05, 0) is 32.2 Å². The zero-order chi connectivity index (χ0) is 26.4. The predicted molar refractivity (Wildman–Crippen MR) is 127 cm³/mol. The maximum Gasteiger partial charge on any atom is 0.326 e. The molecule has 14 nitrogen and oxygen atoms in total. The summed E-state index contributed by atoms with van der Waals surface area (Å²) in [5.41, 5.74) is 11.9. The molecule has 3 amide bonds. The van der Waals surface area contributed by atoms with Crippen molar-refractivity contribution < 1.29 is 34.2 Å². The number of nitrogens with one attached hydrogen (secondary N) is 4. The van der Waals surface area contributed by atoms with Crippen molar-refractivity contribution in [3.8, 4) is 0 Å². The first-order chi connectivity index (χ1) is 16.6. The Labute approximate surface area is 207 Å². The van der Waals surface area contributed by atoms with E-state index in [0.29, 0.717) is 25.1 Å². The average Bonchev–Trinajstić information content (AvgIpc) is 3.31. The van der Waals surface area contributed by atoms with Gasteiger partial charge in [-0.1, -0.05) is 0 Å². The van der Waals surface area contributed by atoms with Crippen LogP contribution in [0.15, 0.2) is 12.5 Å². The summed E-state index contributed by atoms with van der Waals surface area (Å²) in [6, 6.07) is -4.77. The standard InChI is InChI=1S/C20H33N7O7S/c21-6-2-1-3-14(20(33)34)26-18(31)13(4-5-16(28)29)25-19(32)15(9-35)27-17(30)12(22)7-11-8-23-10-24-11/h8,10,12-15,35H,1-7,9,21-22H2,(H,23,24)(H,25,32)(H,26,31)(H,27,30)(H,28,29)(H,33,34). The van der Waals surface area contributed by atoms with Crippen molar-refractivity contribution in [3.63, 3.8) is 0 Å². The van der Waals surface area contributed by atoms with Crippen molar-refractivity contribution in [1.82, 2.24) is 25.9 Å². The Balaban J connectivity index is 2.82. The zero-order valence-electron chi connectivity index (χ0n) is 19.1. The molecule has 1 aromatic heterocycles. The maximum atomic E-state index is 12.8. The molecule has 35 heavy (non-hydrogen) atoms. The van der Waals surface area contributed by atoms with E-state index in [-0.39, 0.29) is 25.0 Å². The minimum Gasteiger partial charge on any atom is -0.481 e. The smallest absolute Gasteiger partial charge is 0.326 e. The summed E-state index contributed by atoms with van der Waals surface area (Å²) in [6.45, 7) is 0.361. The van der Waals surface area contributed by atoms with Gasteiger partial charge in [0.1, 0.15) is 18.1 Å². The molecule has 0 saturated heterocycles. The Kier molecular flexibility index (Phi) is 13.4. The van der Waals surface area contributed by atoms with Crippen LogP contribution in [0.25, 0.3) is 0 Å². The van der Waals surface area contributed by atoms with Gasteiger partial charge < -0.3 is 42.6 Å². The Bertz CT molecular complexity index is 853. The Morgan fingerprint density at radius 2 is 1.60 bits per heavy atom. The van der Waals surface area contributed by atoms with Gasteiger partial charge in [-0.2, -0.15) is 12.6 Å². The molecule has 4 atom stereocenters. The minimum absolute atomic E-state index is 0.113. The van der Waals surface area contributed by atoms with E-state index < -0.39 is 60.2 Å². The lowest BCUT2D eigenvalue weighted by Gasteiger charge is -2.24. The number of aromatic nitrogens is 2. The van der Waals surface area contributed by atoms with E-state index in [0.717, 1.165) is 0 Å². The lowest BCUT2D eigenvalue weighted by molar-refractivity contribution is -0.143. The fourth-order valence-corrected chi connectivity index (χ4v) is 3.29. The summed E-state index contributed by atoms with van der Waals surface area (Å²) in [7, 11) is 0. The molecule has 196 valence electrons. The van der Waals surface area contributed by atoms with Crippen LogP contribution in [0.2, 0.25) is 0 Å². The number of unbranched alkanes of at least 4 members (excludes halogenated alkanes) is 1. The maximum absolute atomic E-state index is 12.8. The highest BCUT2D eigenvalue weighted by atomic mass is 32.1. The second-order valence-electron chi connectivity index (χ2n) is 7.81. The predicted octanol–water partition coefficient (Wildman–Crippen LogP) is -2.26. The highest BCUT2D eigenvalue weighted by Crippen LogP contribution is 2.05. The number of aromatic amines is 1. The second kappa shape index (κ2) is 15.7.